The minimum absolute atomic E-state index is 0.0545. The Bertz CT molecular complexity index is 724. The molecular formula is C17H18N2O3. The van der Waals surface area contributed by atoms with E-state index in [0.717, 1.165) is 11.1 Å². The Labute approximate surface area is 129 Å². The second kappa shape index (κ2) is 6.76. The molecule has 2 aromatic carbocycles. The molecule has 0 radical (unpaired) electrons. The van der Waals surface area contributed by atoms with Crippen molar-refractivity contribution in [3.05, 3.63) is 58.7 Å². The third-order valence-electron chi connectivity index (χ3n) is 3.35. The molecule has 0 spiro atoms. The zero-order valence-corrected chi connectivity index (χ0v) is 12.8. The summed E-state index contributed by atoms with van der Waals surface area (Å²) in [6.07, 6.45) is 1.49. The Balaban J connectivity index is 2.05. The quantitative estimate of drug-likeness (QED) is 0.673. The highest BCUT2D eigenvalue weighted by Gasteiger charge is 2.05. The summed E-state index contributed by atoms with van der Waals surface area (Å²) in [6, 6.07) is 10.3. The van der Waals surface area contributed by atoms with E-state index in [2.05, 4.69) is 10.5 Å². The van der Waals surface area contributed by atoms with Crippen LogP contribution in [0, 0.1) is 13.8 Å². The lowest BCUT2D eigenvalue weighted by Gasteiger charge is -2.04. The van der Waals surface area contributed by atoms with E-state index in [4.69, 9.17) is 4.74 Å². The number of benzene rings is 2. The first-order valence-electron chi connectivity index (χ1n) is 6.79. The zero-order chi connectivity index (χ0) is 16.1. The van der Waals surface area contributed by atoms with Gasteiger partial charge in [-0.15, -0.1) is 0 Å². The van der Waals surface area contributed by atoms with Gasteiger partial charge in [0.2, 0.25) is 0 Å². The number of carbonyl (C=O) groups excluding carboxylic acids is 1. The summed E-state index contributed by atoms with van der Waals surface area (Å²) in [6.45, 7) is 3.95. The first-order valence-corrected chi connectivity index (χ1v) is 6.79. The van der Waals surface area contributed by atoms with Gasteiger partial charge in [0.05, 0.1) is 13.3 Å². The Hall–Kier alpha value is -2.82. The van der Waals surface area contributed by atoms with Gasteiger partial charge in [-0.25, -0.2) is 5.43 Å². The van der Waals surface area contributed by atoms with Crippen LogP contribution in [0.3, 0.4) is 0 Å². The summed E-state index contributed by atoms with van der Waals surface area (Å²) in [5.41, 5.74) is 5.93. The number of ether oxygens (including phenoxy) is 1. The van der Waals surface area contributed by atoms with E-state index in [1.807, 2.05) is 26.0 Å². The number of methoxy groups -OCH3 is 1. The van der Waals surface area contributed by atoms with Gasteiger partial charge in [0.15, 0.2) is 11.5 Å². The van der Waals surface area contributed by atoms with Crippen LogP contribution in [0.2, 0.25) is 0 Å². The molecule has 0 fully saturated rings. The van der Waals surface area contributed by atoms with Crippen LogP contribution in [0.1, 0.15) is 27.0 Å². The number of aryl methyl sites for hydroxylation is 2. The lowest BCUT2D eigenvalue weighted by atomic mass is 10.1. The Kier molecular flexibility index (Phi) is 4.78. The average molecular weight is 298 g/mol. The van der Waals surface area contributed by atoms with Crippen LogP contribution < -0.4 is 10.2 Å². The van der Waals surface area contributed by atoms with Gasteiger partial charge in [-0.3, -0.25) is 4.79 Å². The third-order valence-corrected chi connectivity index (χ3v) is 3.35. The topological polar surface area (TPSA) is 70.9 Å². The van der Waals surface area contributed by atoms with Gasteiger partial charge >= 0.3 is 0 Å². The predicted molar refractivity (Wildman–Crippen MR) is 85.6 cm³/mol. The molecule has 2 aromatic rings. The second-order valence-electron chi connectivity index (χ2n) is 4.93. The Morgan fingerprint density at radius 3 is 2.64 bits per heavy atom. The first-order chi connectivity index (χ1) is 10.5. The van der Waals surface area contributed by atoms with E-state index in [-0.39, 0.29) is 11.7 Å². The number of nitrogens with zero attached hydrogens (tertiary/aromatic N) is 1. The van der Waals surface area contributed by atoms with Crippen LogP contribution in [0.15, 0.2) is 41.5 Å². The van der Waals surface area contributed by atoms with Crippen molar-refractivity contribution in [3.63, 3.8) is 0 Å². The van der Waals surface area contributed by atoms with Crippen molar-refractivity contribution >= 4 is 12.1 Å². The van der Waals surface area contributed by atoms with Gasteiger partial charge < -0.3 is 9.84 Å². The molecule has 0 bridgehead atoms. The molecule has 5 nitrogen and oxygen atoms in total. The second-order valence-corrected chi connectivity index (χ2v) is 4.93. The SMILES string of the molecule is COc1cc(C=NNC(=O)c2ccc(C)c(C)c2)ccc1O. The number of aromatic hydroxyl groups is 1. The van der Waals surface area contributed by atoms with Crippen molar-refractivity contribution in [1.29, 1.82) is 0 Å². The monoisotopic (exact) mass is 298 g/mol. The van der Waals surface area contributed by atoms with Crippen LogP contribution in [0.5, 0.6) is 11.5 Å². The lowest BCUT2D eigenvalue weighted by molar-refractivity contribution is 0.0955. The van der Waals surface area contributed by atoms with Gasteiger partial charge in [-0.2, -0.15) is 5.10 Å². The van der Waals surface area contributed by atoms with E-state index >= 15 is 0 Å². The Morgan fingerprint density at radius 1 is 1.18 bits per heavy atom. The molecule has 0 atom stereocenters. The fraction of sp³-hybridized carbons (Fsp3) is 0.176. The van der Waals surface area contributed by atoms with Crippen LogP contribution in [0.25, 0.3) is 0 Å². The van der Waals surface area contributed by atoms with Crippen LogP contribution in [0.4, 0.5) is 0 Å². The van der Waals surface area contributed by atoms with Gasteiger partial charge in [0, 0.05) is 5.56 Å². The van der Waals surface area contributed by atoms with E-state index in [0.29, 0.717) is 16.9 Å². The maximum Gasteiger partial charge on any atom is 0.271 e. The van der Waals surface area contributed by atoms with Crippen LogP contribution >= 0.6 is 0 Å². The van der Waals surface area contributed by atoms with Crippen molar-refractivity contribution in [3.8, 4) is 11.5 Å². The lowest BCUT2D eigenvalue weighted by Crippen LogP contribution is -2.17. The molecule has 0 aromatic heterocycles. The zero-order valence-electron chi connectivity index (χ0n) is 12.8. The number of hydrazone groups is 1. The summed E-state index contributed by atoms with van der Waals surface area (Å²) < 4.78 is 5.01. The number of nitrogens with one attached hydrogen (secondary N) is 1. The summed E-state index contributed by atoms with van der Waals surface area (Å²) in [5, 5.41) is 13.4. The minimum atomic E-state index is -0.273. The number of phenolic OH excluding ortho intramolecular Hbond substituents is 1. The van der Waals surface area contributed by atoms with Crippen LogP contribution in [-0.4, -0.2) is 24.3 Å². The van der Waals surface area contributed by atoms with Gasteiger partial charge in [0.25, 0.3) is 5.91 Å². The van der Waals surface area contributed by atoms with E-state index < -0.39 is 0 Å². The maximum absolute atomic E-state index is 12.0. The predicted octanol–water partition coefficient (Wildman–Crippen LogP) is 2.78. The van der Waals surface area contributed by atoms with E-state index in [1.54, 1.807) is 18.2 Å². The highest BCUT2D eigenvalue weighted by Crippen LogP contribution is 2.25. The number of carbonyl (C=O) groups is 1. The smallest absolute Gasteiger partial charge is 0.271 e. The maximum atomic E-state index is 12.0. The number of hydrogen-bond donors (Lipinski definition) is 2. The summed E-state index contributed by atoms with van der Waals surface area (Å²) in [5.74, 6) is 0.133. The number of hydrogen-bond acceptors (Lipinski definition) is 4. The van der Waals surface area contributed by atoms with Gasteiger partial charge in [0.1, 0.15) is 0 Å². The largest absolute Gasteiger partial charge is 0.504 e. The number of rotatable bonds is 4. The Morgan fingerprint density at radius 2 is 1.95 bits per heavy atom. The molecule has 0 saturated carbocycles. The van der Waals surface area contributed by atoms with Crippen molar-refractivity contribution < 1.29 is 14.6 Å². The van der Waals surface area contributed by atoms with E-state index in [9.17, 15) is 9.90 Å². The molecule has 0 unspecified atom stereocenters. The molecule has 0 aliphatic carbocycles. The molecule has 5 heteroatoms. The van der Waals surface area contributed by atoms with Crippen LogP contribution in [-0.2, 0) is 0 Å². The molecule has 0 aliphatic rings. The highest BCUT2D eigenvalue weighted by molar-refractivity contribution is 5.95. The molecule has 22 heavy (non-hydrogen) atoms. The molecule has 114 valence electrons. The third kappa shape index (κ3) is 3.63. The molecule has 0 heterocycles. The molecule has 2 N–H and O–H groups in total. The molecular weight excluding hydrogens is 280 g/mol. The number of amides is 1. The number of phenols is 1. The summed E-state index contributed by atoms with van der Waals surface area (Å²) >= 11 is 0. The highest BCUT2D eigenvalue weighted by atomic mass is 16.5. The normalized spacial score (nSPS) is 10.7. The molecule has 0 aliphatic heterocycles. The summed E-state index contributed by atoms with van der Waals surface area (Å²) in [7, 11) is 1.47. The minimum Gasteiger partial charge on any atom is -0.504 e. The first kappa shape index (κ1) is 15.6. The van der Waals surface area contributed by atoms with Gasteiger partial charge in [-0.1, -0.05) is 6.07 Å². The fourth-order valence-corrected chi connectivity index (χ4v) is 1.89. The molecule has 0 saturated heterocycles. The fourth-order valence-electron chi connectivity index (χ4n) is 1.89. The van der Waals surface area contributed by atoms with Crippen molar-refractivity contribution in [2.75, 3.05) is 7.11 Å². The molecule has 1 amide bonds. The van der Waals surface area contributed by atoms with E-state index in [1.165, 1.54) is 19.4 Å². The van der Waals surface area contributed by atoms with Crippen molar-refractivity contribution in [2.24, 2.45) is 5.10 Å². The molecule has 2 rings (SSSR count). The van der Waals surface area contributed by atoms with Gasteiger partial charge in [-0.05, 0) is 60.9 Å². The van der Waals surface area contributed by atoms with Crippen molar-refractivity contribution in [2.45, 2.75) is 13.8 Å². The average Bonchev–Trinajstić information content (AvgIpc) is 2.51. The summed E-state index contributed by atoms with van der Waals surface area (Å²) in [4.78, 5) is 12.0. The standard InChI is InChI=1S/C17H18N2O3/c1-11-4-6-14(8-12(11)2)17(21)19-18-10-13-5-7-15(20)16(9-13)22-3/h4-10,20H,1-3H3,(H,19,21). The van der Waals surface area contributed by atoms with Crippen molar-refractivity contribution in [1.82, 2.24) is 5.43 Å².